The van der Waals surface area contributed by atoms with E-state index in [1.807, 2.05) is 6.92 Å². The molecule has 1 aromatic heterocycles. The van der Waals surface area contributed by atoms with Crippen LogP contribution in [0.1, 0.15) is 37.6 Å². The molecule has 1 aromatic carbocycles. The lowest BCUT2D eigenvalue weighted by molar-refractivity contribution is -0.141. The third-order valence-electron chi connectivity index (χ3n) is 2.93. The van der Waals surface area contributed by atoms with Gasteiger partial charge in [0.25, 0.3) is 0 Å². The van der Waals surface area contributed by atoms with Crippen LogP contribution in [-0.4, -0.2) is 9.97 Å². The maximum Gasteiger partial charge on any atom is 0.435 e. The fraction of sp³-hybridized carbons (Fsp3) is 0.429. The number of fused-ring (bicyclic) bond motifs is 1. The third kappa shape index (κ3) is 3.22. The van der Waals surface area contributed by atoms with Crippen LogP contribution in [0.4, 0.5) is 13.2 Å². The fourth-order valence-corrected chi connectivity index (χ4v) is 1.98. The molecular formula is C14H15F3N2. The Morgan fingerprint density at radius 3 is 2.21 bits per heavy atom. The molecule has 0 unspecified atom stereocenters. The Kier molecular flexibility index (Phi) is 4.02. The number of rotatable bonds is 4. The van der Waals surface area contributed by atoms with E-state index < -0.39 is 11.9 Å². The first-order valence-corrected chi connectivity index (χ1v) is 6.35. The van der Waals surface area contributed by atoms with Gasteiger partial charge >= 0.3 is 6.18 Å². The van der Waals surface area contributed by atoms with Gasteiger partial charge in [-0.1, -0.05) is 31.9 Å². The maximum atomic E-state index is 13.0. The van der Waals surface area contributed by atoms with E-state index in [-0.39, 0.29) is 11.2 Å². The average Bonchev–Trinajstić information content (AvgIpc) is 2.37. The van der Waals surface area contributed by atoms with E-state index >= 15 is 0 Å². The fourth-order valence-electron chi connectivity index (χ4n) is 1.98. The second kappa shape index (κ2) is 5.55. The summed E-state index contributed by atoms with van der Waals surface area (Å²) in [7, 11) is 0. The highest BCUT2D eigenvalue weighted by Gasteiger charge is 2.36. The molecule has 0 fully saturated rings. The number of hydrogen-bond acceptors (Lipinski definition) is 2. The first-order chi connectivity index (χ1) is 9.02. The van der Waals surface area contributed by atoms with Crippen LogP contribution in [0.2, 0.25) is 0 Å². The van der Waals surface area contributed by atoms with E-state index in [0.717, 1.165) is 12.8 Å². The number of nitrogens with zero attached hydrogens (tertiary/aromatic N) is 2. The molecule has 0 aliphatic rings. The SMILES string of the molecule is CCCCCc1nc2ccccc2nc1C(F)(F)F. The molecule has 0 N–H and O–H groups in total. The minimum atomic E-state index is -4.45. The molecule has 0 saturated heterocycles. The van der Waals surface area contributed by atoms with Gasteiger partial charge in [0.15, 0.2) is 5.69 Å². The predicted molar refractivity (Wildman–Crippen MR) is 67.8 cm³/mol. The number of halogens is 3. The van der Waals surface area contributed by atoms with Gasteiger partial charge in [-0.15, -0.1) is 0 Å². The quantitative estimate of drug-likeness (QED) is 0.769. The van der Waals surface area contributed by atoms with E-state index in [2.05, 4.69) is 9.97 Å². The van der Waals surface area contributed by atoms with Crippen molar-refractivity contribution in [3.05, 3.63) is 35.7 Å². The molecule has 0 atom stereocenters. The summed E-state index contributed by atoms with van der Waals surface area (Å²) in [5.41, 5.74) is 0.0121. The topological polar surface area (TPSA) is 25.8 Å². The second-order valence-electron chi connectivity index (χ2n) is 4.46. The Balaban J connectivity index is 2.45. The van der Waals surface area contributed by atoms with Gasteiger partial charge in [-0.05, 0) is 25.0 Å². The Hall–Kier alpha value is -1.65. The summed E-state index contributed by atoms with van der Waals surface area (Å²) in [5, 5.41) is 0. The summed E-state index contributed by atoms with van der Waals surface area (Å²) < 4.78 is 38.9. The van der Waals surface area contributed by atoms with Crippen LogP contribution in [0.15, 0.2) is 24.3 Å². The predicted octanol–water partition coefficient (Wildman–Crippen LogP) is 4.38. The number of aryl methyl sites for hydroxylation is 1. The molecule has 5 heteroatoms. The van der Waals surface area contributed by atoms with Crippen molar-refractivity contribution in [1.29, 1.82) is 0 Å². The Morgan fingerprint density at radius 1 is 1.00 bits per heavy atom. The summed E-state index contributed by atoms with van der Waals surface area (Å²) in [6, 6.07) is 6.65. The number of aromatic nitrogens is 2. The van der Waals surface area contributed by atoms with Crippen LogP contribution >= 0.6 is 0 Å². The largest absolute Gasteiger partial charge is 0.435 e. The van der Waals surface area contributed by atoms with E-state index in [9.17, 15) is 13.2 Å². The smallest absolute Gasteiger partial charge is 0.249 e. The number of para-hydroxylation sites is 2. The third-order valence-corrected chi connectivity index (χ3v) is 2.93. The molecule has 0 spiro atoms. The molecule has 0 bridgehead atoms. The summed E-state index contributed by atoms with van der Waals surface area (Å²) in [6.45, 7) is 2.01. The zero-order valence-corrected chi connectivity index (χ0v) is 10.7. The summed E-state index contributed by atoms with van der Waals surface area (Å²) >= 11 is 0. The molecular weight excluding hydrogens is 253 g/mol. The Morgan fingerprint density at radius 2 is 1.63 bits per heavy atom. The number of benzene rings is 1. The van der Waals surface area contributed by atoms with Gasteiger partial charge in [0, 0.05) is 0 Å². The van der Waals surface area contributed by atoms with Gasteiger partial charge in [0.05, 0.1) is 16.7 Å². The van der Waals surface area contributed by atoms with Crippen LogP contribution in [0, 0.1) is 0 Å². The molecule has 1 heterocycles. The van der Waals surface area contributed by atoms with E-state index in [1.54, 1.807) is 24.3 Å². The van der Waals surface area contributed by atoms with Gasteiger partial charge in [-0.25, -0.2) is 9.97 Å². The Labute approximate surface area is 109 Å². The summed E-state index contributed by atoms with van der Waals surface area (Å²) in [6.07, 6.45) is -1.57. The molecule has 0 aliphatic heterocycles. The molecule has 0 radical (unpaired) electrons. The van der Waals surface area contributed by atoms with Crippen LogP contribution in [0.3, 0.4) is 0 Å². The average molecular weight is 268 g/mol. The van der Waals surface area contributed by atoms with Crippen LogP contribution < -0.4 is 0 Å². The molecule has 0 amide bonds. The monoisotopic (exact) mass is 268 g/mol. The van der Waals surface area contributed by atoms with E-state index in [0.29, 0.717) is 18.4 Å². The molecule has 2 rings (SSSR count). The standard InChI is InChI=1S/C14H15F3N2/c1-2-3-4-9-12-13(14(15,16)17)19-11-8-6-5-7-10(11)18-12/h5-8H,2-4,9H2,1H3. The lowest BCUT2D eigenvalue weighted by Gasteiger charge is -2.12. The Bertz CT molecular complexity index is 564. The van der Waals surface area contributed by atoms with Crippen LogP contribution in [0.5, 0.6) is 0 Å². The van der Waals surface area contributed by atoms with Gasteiger partial charge in [-0.3, -0.25) is 0 Å². The highest BCUT2D eigenvalue weighted by Crippen LogP contribution is 2.31. The van der Waals surface area contributed by atoms with Crippen molar-refractivity contribution < 1.29 is 13.2 Å². The minimum Gasteiger partial charge on any atom is -0.249 e. The zero-order valence-electron chi connectivity index (χ0n) is 10.7. The first-order valence-electron chi connectivity index (χ1n) is 6.35. The maximum absolute atomic E-state index is 13.0. The van der Waals surface area contributed by atoms with Crippen molar-refractivity contribution in [1.82, 2.24) is 9.97 Å². The van der Waals surface area contributed by atoms with Crippen molar-refractivity contribution in [2.45, 2.75) is 38.8 Å². The molecule has 0 saturated carbocycles. The molecule has 102 valence electrons. The van der Waals surface area contributed by atoms with Crippen LogP contribution in [0.25, 0.3) is 11.0 Å². The second-order valence-corrected chi connectivity index (χ2v) is 4.46. The van der Waals surface area contributed by atoms with E-state index in [4.69, 9.17) is 0 Å². The molecule has 19 heavy (non-hydrogen) atoms. The number of alkyl halides is 3. The van der Waals surface area contributed by atoms with Crippen molar-refractivity contribution in [3.8, 4) is 0 Å². The van der Waals surface area contributed by atoms with Gasteiger partial charge in [0.1, 0.15) is 0 Å². The van der Waals surface area contributed by atoms with Crippen LogP contribution in [-0.2, 0) is 12.6 Å². The lowest BCUT2D eigenvalue weighted by atomic mass is 10.1. The highest BCUT2D eigenvalue weighted by molar-refractivity contribution is 5.74. The van der Waals surface area contributed by atoms with Crippen molar-refractivity contribution in [3.63, 3.8) is 0 Å². The first kappa shape index (κ1) is 13.8. The summed E-state index contributed by atoms with van der Waals surface area (Å²) in [4.78, 5) is 7.87. The van der Waals surface area contributed by atoms with Gasteiger partial charge < -0.3 is 0 Å². The van der Waals surface area contributed by atoms with Gasteiger partial charge in [-0.2, -0.15) is 13.2 Å². The normalized spacial score (nSPS) is 12.0. The molecule has 2 aromatic rings. The number of unbranched alkanes of at least 4 members (excludes halogenated alkanes) is 2. The van der Waals surface area contributed by atoms with Crippen molar-refractivity contribution in [2.75, 3.05) is 0 Å². The molecule has 2 nitrogen and oxygen atoms in total. The lowest BCUT2D eigenvalue weighted by Crippen LogP contribution is -2.14. The van der Waals surface area contributed by atoms with Crippen molar-refractivity contribution in [2.24, 2.45) is 0 Å². The summed E-state index contributed by atoms with van der Waals surface area (Å²) in [5.74, 6) is 0. The number of hydrogen-bond donors (Lipinski definition) is 0. The minimum absolute atomic E-state index is 0.0552. The van der Waals surface area contributed by atoms with Crippen molar-refractivity contribution >= 4 is 11.0 Å². The highest BCUT2D eigenvalue weighted by atomic mass is 19.4. The molecule has 0 aliphatic carbocycles. The van der Waals surface area contributed by atoms with Gasteiger partial charge in [0.2, 0.25) is 0 Å². The van der Waals surface area contributed by atoms with E-state index in [1.165, 1.54) is 0 Å². The zero-order chi connectivity index (χ0) is 13.9.